The van der Waals surface area contributed by atoms with Gasteiger partial charge in [-0.25, -0.2) is 0 Å². The van der Waals surface area contributed by atoms with Crippen molar-refractivity contribution < 1.29 is 69.0 Å². The summed E-state index contributed by atoms with van der Waals surface area (Å²) in [4.78, 5) is 13.0. The Morgan fingerprint density at radius 1 is 0.500 bits per heavy atom. The van der Waals surface area contributed by atoms with E-state index in [9.17, 15) is 40.5 Å². The zero-order valence-electron chi connectivity index (χ0n) is 41.8. The average Bonchev–Trinajstić information content (AvgIpc) is 3.33. The molecular formula is C54H94O14. The van der Waals surface area contributed by atoms with Crippen LogP contribution in [0.15, 0.2) is 60.8 Å². The topological polar surface area (TPSA) is 214 Å². The molecule has 0 aromatic rings. The van der Waals surface area contributed by atoms with Gasteiger partial charge in [-0.3, -0.25) is 4.79 Å². The van der Waals surface area contributed by atoms with Crippen molar-refractivity contribution >= 4 is 5.97 Å². The second-order valence-electron chi connectivity index (χ2n) is 18.3. The van der Waals surface area contributed by atoms with Gasteiger partial charge in [0.05, 0.1) is 26.4 Å². The number of rotatable bonds is 41. The molecular weight excluding hydrogens is 873 g/mol. The predicted molar refractivity (Wildman–Crippen MR) is 266 cm³/mol. The molecule has 2 aliphatic rings. The molecule has 0 spiro atoms. The van der Waals surface area contributed by atoms with Crippen LogP contribution in [0.2, 0.25) is 0 Å². The molecule has 0 bridgehead atoms. The van der Waals surface area contributed by atoms with Gasteiger partial charge in [-0.2, -0.15) is 0 Å². The maximum Gasteiger partial charge on any atom is 0.306 e. The van der Waals surface area contributed by atoms with Crippen molar-refractivity contribution in [2.24, 2.45) is 0 Å². The molecule has 7 N–H and O–H groups in total. The molecule has 0 aromatic carbocycles. The molecule has 0 aliphatic carbocycles. The first-order chi connectivity index (χ1) is 33.1. The lowest BCUT2D eigenvalue weighted by Gasteiger charge is -2.42. The van der Waals surface area contributed by atoms with E-state index in [0.717, 1.165) is 83.5 Å². The first kappa shape index (κ1) is 61.8. The number of hydrogen-bond acceptors (Lipinski definition) is 14. The minimum absolute atomic E-state index is 0.0470. The third kappa shape index (κ3) is 28.5. The second-order valence-corrected chi connectivity index (χ2v) is 18.3. The number of ether oxygens (including phenoxy) is 6. The minimum Gasteiger partial charge on any atom is -0.457 e. The highest BCUT2D eigenvalue weighted by molar-refractivity contribution is 5.69. The molecule has 0 radical (unpaired) electrons. The minimum atomic E-state index is -1.71. The Balaban J connectivity index is 1.77. The summed E-state index contributed by atoms with van der Waals surface area (Å²) in [6, 6.07) is 0. The van der Waals surface area contributed by atoms with E-state index in [2.05, 4.69) is 74.6 Å². The van der Waals surface area contributed by atoms with E-state index in [0.29, 0.717) is 13.0 Å². The number of carbonyl (C=O) groups is 1. The van der Waals surface area contributed by atoms with Crippen LogP contribution in [0.4, 0.5) is 0 Å². The van der Waals surface area contributed by atoms with Gasteiger partial charge >= 0.3 is 5.97 Å². The maximum atomic E-state index is 13.0. The highest BCUT2D eigenvalue weighted by atomic mass is 16.7. The number of allylic oxidation sites excluding steroid dienone is 10. The van der Waals surface area contributed by atoms with Crippen LogP contribution < -0.4 is 0 Å². The molecule has 11 atom stereocenters. The summed E-state index contributed by atoms with van der Waals surface area (Å²) >= 11 is 0. The Morgan fingerprint density at radius 3 is 1.50 bits per heavy atom. The van der Waals surface area contributed by atoms with Gasteiger partial charge in [-0.05, 0) is 77.0 Å². The van der Waals surface area contributed by atoms with E-state index in [1.54, 1.807) is 0 Å². The Bertz CT molecular complexity index is 1350. The molecule has 0 saturated carbocycles. The van der Waals surface area contributed by atoms with Crippen LogP contribution in [0.3, 0.4) is 0 Å². The number of esters is 1. The van der Waals surface area contributed by atoms with Crippen LogP contribution in [0.25, 0.3) is 0 Å². The second kappa shape index (κ2) is 41.3. The molecule has 11 unspecified atom stereocenters. The van der Waals surface area contributed by atoms with Crippen LogP contribution in [0.1, 0.15) is 174 Å². The predicted octanol–water partition coefficient (Wildman–Crippen LogP) is 8.13. The van der Waals surface area contributed by atoms with Crippen LogP contribution in [-0.4, -0.2) is 142 Å². The number of aliphatic hydroxyl groups excluding tert-OH is 7. The van der Waals surface area contributed by atoms with Gasteiger partial charge in [0.1, 0.15) is 54.9 Å². The third-order valence-corrected chi connectivity index (χ3v) is 12.3. The molecule has 394 valence electrons. The van der Waals surface area contributed by atoms with Crippen molar-refractivity contribution in [3.8, 4) is 0 Å². The fourth-order valence-electron chi connectivity index (χ4n) is 7.98. The van der Waals surface area contributed by atoms with Crippen LogP contribution in [0, 0.1) is 0 Å². The van der Waals surface area contributed by atoms with Gasteiger partial charge in [0.2, 0.25) is 0 Å². The summed E-state index contributed by atoms with van der Waals surface area (Å²) in [5, 5.41) is 72.2. The zero-order chi connectivity index (χ0) is 49.5. The van der Waals surface area contributed by atoms with Gasteiger partial charge in [-0.1, -0.05) is 152 Å². The van der Waals surface area contributed by atoms with E-state index >= 15 is 0 Å². The van der Waals surface area contributed by atoms with Crippen molar-refractivity contribution in [1.29, 1.82) is 0 Å². The number of aliphatic hydroxyl groups is 7. The number of carbonyl (C=O) groups excluding carboxylic acids is 1. The standard InChI is InChI=1S/C54H94O14/c1-3-5-7-9-11-13-15-17-19-21-22-23-25-27-29-31-33-35-37-46(56)66-43(40-63-38-36-34-32-30-28-26-24-20-18-16-14-12-10-8-6-4-2)41-64-53-52(62)50(60)48(58)45(68-53)42-65-54-51(61)49(59)47(57)44(39-55)67-54/h6,8,12-15,18-21,43-45,47-55,57-62H,3-5,7,9-11,16-17,22-42H2,1-2H3/b8-6-,14-12-,15-13-,20-18-,21-19-. The van der Waals surface area contributed by atoms with E-state index in [1.165, 1.54) is 64.2 Å². The highest BCUT2D eigenvalue weighted by Gasteiger charge is 2.47. The number of unbranched alkanes of at least 4 members (excludes halogenated alkanes) is 17. The van der Waals surface area contributed by atoms with E-state index < -0.39 is 86.7 Å². The molecule has 14 heteroatoms. The monoisotopic (exact) mass is 967 g/mol. The van der Waals surface area contributed by atoms with E-state index in [4.69, 9.17) is 28.4 Å². The third-order valence-electron chi connectivity index (χ3n) is 12.3. The van der Waals surface area contributed by atoms with Gasteiger partial charge in [0.15, 0.2) is 12.6 Å². The summed E-state index contributed by atoms with van der Waals surface area (Å²) in [5.74, 6) is -0.391. The Kier molecular flexibility index (Phi) is 37.6. The Hall–Kier alpha value is -2.31. The lowest BCUT2D eigenvalue weighted by Crippen LogP contribution is -2.61. The van der Waals surface area contributed by atoms with Gasteiger partial charge in [0.25, 0.3) is 0 Å². The first-order valence-electron chi connectivity index (χ1n) is 26.4. The molecule has 2 saturated heterocycles. The summed E-state index contributed by atoms with van der Waals surface area (Å²) in [5.41, 5.74) is 0. The Morgan fingerprint density at radius 2 is 0.956 bits per heavy atom. The van der Waals surface area contributed by atoms with Crippen LogP contribution in [0.5, 0.6) is 0 Å². The lowest BCUT2D eigenvalue weighted by molar-refractivity contribution is -0.332. The van der Waals surface area contributed by atoms with Gasteiger partial charge in [0, 0.05) is 13.0 Å². The fourth-order valence-corrected chi connectivity index (χ4v) is 7.98. The van der Waals surface area contributed by atoms with Gasteiger partial charge in [-0.15, -0.1) is 0 Å². The fraction of sp³-hybridized carbons (Fsp3) is 0.796. The van der Waals surface area contributed by atoms with Crippen molar-refractivity contribution in [2.75, 3.05) is 33.0 Å². The molecule has 2 fully saturated rings. The first-order valence-corrected chi connectivity index (χ1v) is 26.4. The van der Waals surface area contributed by atoms with Crippen molar-refractivity contribution in [1.82, 2.24) is 0 Å². The Labute approximate surface area is 409 Å². The molecule has 2 rings (SSSR count). The van der Waals surface area contributed by atoms with E-state index in [1.807, 2.05) is 0 Å². The molecule has 2 heterocycles. The zero-order valence-corrected chi connectivity index (χ0v) is 41.8. The largest absolute Gasteiger partial charge is 0.457 e. The van der Waals surface area contributed by atoms with Crippen molar-refractivity contribution in [2.45, 2.75) is 242 Å². The van der Waals surface area contributed by atoms with Crippen molar-refractivity contribution in [3.63, 3.8) is 0 Å². The summed E-state index contributed by atoms with van der Waals surface area (Å²) < 4.78 is 34.3. The molecule has 68 heavy (non-hydrogen) atoms. The number of hydrogen-bond donors (Lipinski definition) is 7. The van der Waals surface area contributed by atoms with Crippen LogP contribution in [-0.2, 0) is 33.2 Å². The summed E-state index contributed by atoms with van der Waals surface area (Å²) in [7, 11) is 0. The lowest BCUT2D eigenvalue weighted by atomic mass is 9.98. The highest BCUT2D eigenvalue weighted by Crippen LogP contribution is 2.26. The summed E-state index contributed by atoms with van der Waals surface area (Å²) in [6.07, 6.45) is 32.7. The molecule has 2 aliphatic heterocycles. The average molecular weight is 967 g/mol. The van der Waals surface area contributed by atoms with Crippen molar-refractivity contribution in [3.05, 3.63) is 60.8 Å². The van der Waals surface area contributed by atoms with Crippen LogP contribution >= 0.6 is 0 Å². The maximum absolute atomic E-state index is 13.0. The summed E-state index contributed by atoms with van der Waals surface area (Å²) in [6.45, 7) is 3.51. The molecule has 14 nitrogen and oxygen atoms in total. The smallest absolute Gasteiger partial charge is 0.306 e. The normalized spacial score (nSPS) is 26.4. The van der Waals surface area contributed by atoms with E-state index in [-0.39, 0.29) is 19.6 Å². The molecule has 0 amide bonds. The quantitative estimate of drug-likeness (QED) is 0.0175. The SMILES string of the molecule is CC/C=C\C/C=C\C/C=C\CCCCCCCCOCC(COC1OC(COC2OC(CO)C(O)C(O)C2O)C(O)C(O)C1O)OC(=O)CCCCCCCCC/C=C\C/C=C\CCCCCC. The molecule has 0 aromatic heterocycles. The van der Waals surface area contributed by atoms with Gasteiger partial charge < -0.3 is 64.2 Å².